The number of hydrogen-bond acceptors (Lipinski definition) is 3. The molecule has 106 valence electrons. The SMILES string of the molecule is O=C(O)CNC(=O)C1CCN(c2cccc(Br)c2)C1=O. The van der Waals surface area contributed by atoms with Gasteiger partial charge in [0.05, 0.1) is 0 Å². The van der Waals surface area contributed by atoms with E-state index in [0.717, 1.165) is 10.2 Å². The Bertz CT molecular complexity index is 561. The second-order valence-corrected chi connectivity index (χ2v) is 5.34. The maximum absolute atomic E-state index is 12.2. The second-order valence-electron chi connectivity index (χ2n) is 4.42. The molecule has 1 unspecified atom stereocenters. The number of carbonyl (C=O) groups is 3. The van der Waals surface area contributed by atoms with Gasteiger partial charge in [-0.3, -0.25) is 14.4 Å². The van der Waals surface area contributed by atoms with Gasteiger partial charge in [-0.05, 0) is 24.6 Å². The number of hydrogen-bond donors (Lipinski definition) is 2. The van der Waals surface area contributed by atoms with Crippen molar-refractivity contribution in [2.75, 3.05) is 18.0 Å². The van der Waals surface area contributed by atoms with Crippen molar-refractivity contribution in [3.05, 3.63) is 28.7 Å². The van der Waals surface area contributed by atoms with E-state index in [-0.39, 0.29) is 5.91 Å². The van der Waals surface area contributed by atoms with Gasteiger partial charge in [-0.2, -0.15) is 0 Å². The van der Waals surface area contributed by atoms with Crippen LogP contribution in [0.25, 0.3) is 0 Å². The first-order chi connectivity index (χ1) is 9.49. The Hall–Kier alpha value is -1.89. The van der Waals surface area contributed by atoms with Gasteiger partial charge in [0, 0.05) is 16.7 Å². The molecular formula is C13H13BrN2O4. The number of benzene rings is 1. The van der Waals surface area contributed by atoms with Crippen molar-refractivity contribution in [1.82, 2.24) is 5.32 Å². The van der Waals surface area contributed by atoms with E-state index in [0.29, 0.717) is 13.0 Å². The van der Waals surface area contributed by atoms with Crippen LogP contribution in [-0.2, 0) is 14.4 Å². The summed E-state index contributed by atoms with van der Waals surface area (Å²) in [6.07, 6.45) is 0.386. The molecule has 1 aliphatic heterocycles. The van der Waals surface area contributed by atoms with Gasteiger partial charge in [-0.25, -0.2) is 0 Å². The highest BCUT2D eigenvalue weighted by Gasteiger charge is 2.37. The van der Waals surface area contributed by atoms with Crippen molar-refractivity contribution in [2.24, 2.45) is 5.92 Å². The minimum atomic E-state index is -1.13. The number of carboxylic acids is 1. The van der Waals surface area contributed by atoms with E-state index >= 15 is 0 Å². The molecule has 1 fully saturated rings. The fourth-order valence-corrected chi connectivity index (χ4v) is 2.50. The molecule has 1 aromatic carbocycles. The quantitative estimate of drug-likeness (QED) is 0.800. The number of carbonyl (C=O) groups excluding carboxylic acids is 2. The van der Waals surface area contributed by atoms with Crippen molar-refractivity contribution in [3.63, 3.8) is 0 Å². The first-order valence-corrected chi connectivity index (χ1v) is 6.85. The topological polar surface area (TPSA) is 86.7 Å². The molecule has 7 heteroatoms. The van der Waals surface area contributed by atoms with E-state index in [1.165, 1.54) is 4.90 Å². The summed E-state index contributed by atoms with van der Waals surface area (Å²) < 4.78 is 0.849. The molecule has 1 aromatic rings. The third-order valence-corrected chi connectivity index (χ3v) is 3.55. The maximum Gasteiger partial charge on any atom is 0.322 e. The summed E-state index contributed by atoms with van der Waals surface area (Å²) in [7, 11) is 0. The summed E-state index contributed by atoms with van der Waals surface area (Å²) in [5.74, 6) is -2.78. The smallest absolute Gasteiger partial charge is 0.322 e. The van der Waals surface area contributed by atoms with Crippen molar-refractivity contribution in [3.8, 4) is 0 Å². The first kappa shape index (κ1) is 14.5. The Morgan fingerprint density at radius 2 is 2.20 bits per heavy atom. The highest BCUT2D eigenvalue weighted by Crippen LogP contribution is 2.27. The third kappa shape index (κ3) is 3.16. The highest BCUT2D eigenvalue weighted by molar-refractivity contribution is 9.10. The Morgan fingerprint density at radius 1 is 1.45 bits per heavy atom. The van der Waals surface area contributed by atoms with Crippen LogP contribution in [0.4, 0.5) is 5.69 Å². The van der Waals surface area contributed by atoms with E-state index < -0.39 is 24.3 Å². The fraction of sp³-hybridized carbons (Fsp3) is 0.308. The van der Waals surface area contributed by atoms with Crippen LogP contribution in [0, 0.1) is 5.92 Å². The maximum atomic E-state index is 12.2. The molecule has 1 atom stereocenters. The van der Waals surface area contributed by atoms with Gasteiger partial charge in [0.25, 0.3) is 0 Å². The number of amides is 2. The molecular weight excluding hydrogens is 328 g/mol. The zero-order valence-electron chi connectivity index (χ0n) is 10.5. The molecule has 2 N–H and O–H groups in total. The van der Waals surface area contributed by atoms with Crippen LogP contribution in [0.5, 0.6) is 0 Å². The van der Waals surface area contributed by atoms with Gasteiger partial charge in [-0.1, -0.05) is 22.0 Å². The number of nitrogens with one attached hydrogen (secondary N) is 1. The van der Waals surface area contributed by atoms with Crippen LogP contribution in [0.2, 0.25) is 0 Å². The van der Waals surface area contributed by atoms with E-state index in [4.69, 9.17) is 5.11 Å². The lowest BCUT2D eigenvalue weighted by Crippen LogP contribution is -2.38. The average molecular weight is 341 g/mol. The number of aliphatic carboxylic acids is 1. The molecule has 1 saturated heterocycles. The van der Waals surface area contributed by atoms with E-state index in [2.05, 4.69) is 21.2 Å². The Balaban J connectivity index is 2.06. The van der Waals surface area contributed by atoms with Gasteiger partial charge in [0.2, 0.25) is 11.8 Å². The van der Waals surface area contributed by atoms with Crippen LogP contribution in [-0.4, -0.2) is 36.0 Å². The summed E-state index contributed by atoms with van der Waals surface area (Å²) in [6.45, 7) is -0.0278. The van der Waals surface area contributed by atoms with Crippen molar-refractivity contribution in [1.29, 1.82) is 0 Å². The monoisotopic (exact) mass is 340 g/mol. The molecule has 1 heterocycles. The summed E-state index contributed by atoms with van der Waals surface area (Å²) in [5, 5.41) is 10.8. The third-order valence-electron chi connectivity index (χ3n) is 3.06. The molecule has 2 amide bonds. The molecule has 0 aromatic heterocycles. The van der Waals surface area contributed by atoms with Gasteiger partial charge in [0.15, 0.2) is 0 Å². The Morgan fingerprint density at radius 3 is 2.85 bits per heavy atom. The van der Waals surface area contributed by atoms with E-state index in [1.54, 1.807) is 12.1 Å². The normalized spacial score (nSPS) is 18.1. The van der Waals surface area contributed by atoms with Gasteiger partial charge < -0.3 is 15.3 Å². The zero-order valence-corrected chi connectivity index (χ0v) is 12.1. The molecule has 0 saturated carbocycles. The predicted octanol–water partition coefficient (Wildman–Crippen LogP) is 1.00. The van der Waals surface area contributed by atoms with Gasteiger partial charge in [0.1, 0.15) is 12.5 Å². The van der Waals surface area contributed by atoms with Crippen LogP contribution in [0.15, 0.2) is 28.7 Å². The van der Waals surface area contributed by atoms with E-state index in [9.17, 15) is 14.4 Å². The average Bonchev–Trinajstić information content (AvgIpc) is 2.78. The molecule has 0 aliphatic carbocycles. The van der Waals surface area contributed by atoms with Gasteiger partial charge >= 0.3 is 5.97 Å². The first-order valence-electron chi connectivity index (χ1n) is 6.05. The fourth-order valence-electron chi connectivity index (χ4n) is 2.11. The van der Waals surface area contributed by atoms with Crippen LogP contribution >= 0.6 is 15.9 Å². The lowest BCUT2D eigenvalue weighted by molar-refractivity contribution is -0.140. The molecule has 2 rings (SSSR count). The molecule has 0 spiro atoms. The largest absolute Gasteiger partial charge is 0.480 e. The van der Waals surface area contributed by atoms with Crippen LogP contribution in [0.1, 0.15) is 6.42 Å². The molecule has 1 aliphatic rings. The molecule has 20 heavy (non-hydrogen) atoms. The van der Waals surface area contributed by atoms with Crippen molar-refractivity contribution in [2.45, 2.75) is 6.42 Å². The summed E-state index contributed by atoms with van der Waals surface area (Å²) in [4.78, 5) is 35.9. The lowest BCUT2D eigenvalue weighted by Gasteiger charge is -2.16. The molecule has 0 bridgehead atoms. The zero-order chi connectivity index (χ0) is 14.7. The Kier molecular flexibility index (Phi) is 4.39. The van der Waals surface area contributed by atoms with Crippen LogP contribution in [0.3, 0.4) is 0 Å². The minimum Gasteiger partial charge on any atom is -0.480 e. The number of nitrogens with zero attached hydrogens (tertiary/aromatic N) is 1. The van der Waals surface area contributed by atoms with E-state index in [1.807, 2.05) is 12.1 Å². The number of anilines is 1. The molecule has 0 radical (unpaired) electrons. The van der Waals surface area contributed by atoms with Crippen LogP contribution < -0.4 is 10.2 Å². The van der Waals surface area contributed by atoms with Gasteiger partial charge in [-0.15, -0.1) is 0 Å². The van der Waals surface area contributed by atoms with Crippen molar-refractivity contribution >= 4 is 39.4 Å². The minimum absolute atomic E-state index is 0.300. The lowest BCUT2D eigenvalue weighted by atomic mass is 10.1. The second kappa shape index (κ2) is 6.04. The predicted molar refractivity (Wildman–Crippen MR) is 75.2 cm³/mol. The number of halogens is 1. The summed E-state index contributed by atoms with van der Waals surface area (Å²) >= 11 is 3.33. The Labute approximate surface area is 123 Å². The molecule has 6 nitrogen and oxygen atoms in total. The number of carboxylic acid groups (broad SMARTS) is 1. The summed E-state index contributed by atoms with van der Waals surface area (Å²) in [5.41, 5.74) is 0.720. The highest BCUT2D eigenvalue weighted by atomic mass is 79.9. The standard InChI is InChI=1S/C13H13BrN2O4/c14-8-2-1-3-9(6-8)16-5-4-10(13(16)20)12(19)15-7-11(17)18/h1-3,6,10H,4-5,7H2,(H,15,19)(H,17,18). The summed E-state index contributed by atoms with van der Waals surface area (Å²) in [6, 6.07) is 7.25. The van der Waals surface area contributed by atoms with Crippen molar-refractivity contribution < 1.29 is 19.5 Å². The number of rotatable bonds is 4.